The minimum absolute atomic E-state index is 0.0443. The highest BCUT2D eigenvalue weighted by Crippen LogP contribution is 2.40. The molecule has 0 amide bonds. The molecule has 1 aliphatic heterocycles. The van der Waals surface area contributed by atoms with Gasteiger partial charge in [-0.2, -0.15) is 0 Å². The molecular formula is C14H21NO2S3. The van der Waals surface area contributed by atoms with Gasteiger partial charge in [0, 0.05) is 17.0 Å². The minimum atomic E-state index is -3.40. The molecule has 2 rings (SSSR count). The molecule has 0 unspecified atom stereocenters. The van der Waals surface area contributed by atoms with Gasteiger partial charge < -0.3 is 0 Å². The summed E-state index contributed by atoms with van der Waals surface area (Å²) in [6.45, 7) is 4.12. The fourth-order valence-electron chi connectivity index (χ4n) is 2.12. The number of sulfonamides is 1. The Morgan fingerprint density at radius 3 is 2.65 bits per heavy atom. The normalized spacial score (nSPS) is 23.1. The van der Waals surface area contributed by atoms with E-state index >= 15 is 0 Å². The lowest BCUT2D eigenvalue weighted by Crippen LogP contribution is -2.41. The smallest absolute Gasteiger partial charge is 0.207 e. The molecule has 1 heterocycles. The van der Waals surface area contributed by atoms with Crippen LogP contribution >= 0.6 is 21.6 Å². The van der Waals surface area contributed by atoms with Crippen LogP contribution in [-0.2, 0) is 10.0 Å². The average Bonchev–Trinajstić information content (AvgIpc) is 2.83. The predicted molar refractivity (Wildman–Crippen MR) is 88.7 cm³/mol. The number of unbranched alkanes of at least 4 members (excludes halogenated alkanes) is 1. The second-order valence-electron chi connectivity index (χ2n) is 5.10. The Morgan fingerprint density at radius 1 is 1.30 bits per heavy atom. The molecule has 0 bridgehead atoms. The summed E-state index contributed by atoms with van der Waals surface area (Å²) in [5, 5.41) is 0.389. The van der Waals surface area contributed by atoms with Crippen LogP contribution in [0.3, 0.4) is 0 Å². The molecule has 0 aliphatic carbocycles. The van der Waals surface area contributed by atoms with Crippen molar-refractivity contribution < 1.29 is 8.42 Å². The van der Waals surface area contributed by atoms with Crippen molar-refractivity contribution in [3.63, 3.8) is 0 Å². The second kappa shape index (κ2) is 7.20. The molecule has 0 radical (unpaired) electrons. The van der Waals surface area contributed by atoms with Gasteiger partial charge in [0.1, 0.15) is 0 Å². The van der Waals surface area contributed by atoms with Crippen molar-refractivity contribution >= 4 is 31.6 Å². The van der Waals surface area contributed by atoms with Gasteiger partial charge in [-0.25, -0.2) is 13.1 Å². The van der Waals surface area contributed by atoms with Gasteiger partial charge in [0.2, 0.25) is 10.0 Å². The number of benzene rings is 1. The molecule has 0 spiro atoms. The molecule has 1 saturated heterocycles. The molecule has 20 heavy (non-hydrogen) atoms. The molecule has 1 fully saturated rings. The molecule has 3 nitrogen and oxygen atoms in total. The van der Waals surface area contributed by atoms with Crippen molar-refractivity contribution in [1.82, 2.24) is 4.72 Å². The van der Waals surface area contributed by atoms with E-state index in [2.05, 4.69) is 11.6 Å². The zero-order valence-corrected chi connectivity index (χ0v) is 14.3. The summed E-state index contributed by atoms with van der Waals surface area (Å²) >= 11 is 0. The number of nitrogens with one attached hydrogen (secondary N) is 1. The molecule has 6 heteroatoms. The molecule has 2 atom stereocenters. The van der Waals surface area contributed by atoms with Crippen molar-refractivity contribution in [2.75, 3.05) is 5.75 Å². The Balaban J connectivity index is 2.05. The third-order valence-corrected chi connectivity index (χ3v) is 7.87. The van der Waals surface area contributed by atoms with E-state index in [-0.39, 0.29) is 6.04 Å². The van der Waals surface area contributed by atoms with Crippen LogP contribution in [-0.4, -0.2) is 25.5 Å². The average molecular weight is 332 g/mol. The monoisotopic (exact) mass is 331 g/mol. The van der Waals surface area contributed by atoms with Gasteiger partial charge >= 0.3 is 0 Å². The van der Waals surface area contributed by atoms with E-state index in [9.17, 15) is 8.42 Å². The van der Waals surface area contributed by atoms with Gasteiger partial charge in [0.05, 0.1) is 4.90 Å². The summed E-state index contributed by atoms with van der Waals surface area (Å²) in [6.07, 6.45) is 3.38. The van der Waals surface area contributed by atoms with Crippen LogP contribution in [0.4, 0.5) is 0 Å². The first-order valence-electron chi connectivity index (χ1n) is 6.90. The van der Waals surface area contributed by atoms with Gasteiger partial charge in [0.15, 0.2) is 0 Å². The maximum absolute atomic E-state index is 12.4. The van der Waals surface area contributed by atoms with Crippen LogP contribution < -0.4 is 4.72 Å². The van der Waals surface area contributed by atoms with Gasteiger partial charge in [-0.15, -0.1) is 0 Å². The molecule has 0 aromatic heterocycles. The van der Waals surface area contributed by atoms with Gasteiger partial charge in [-0.3, -0.25) is 0 Å². The van der Waals surface area contributed by atoms with Crippen LogP contribution in [0.2, 0.25) is 0 Å². The maximum atomic E-state index is 12.4. The maximum Gasteiger partial charge on any atom is 0.240 e. The van der Waals surface area contributed by atoms with E-state index < -0.39 is 10.0 Å². The summed E-state index contributed by atoms with van der Waals surface area (Å²) in [4.78, 5) is 0.360. The Hall–Kier alpha value is -0.170. The van der Waals surface area contributed by atoms with Crippen molar-refractivity contribution in [1.29, 1.82) is 0 Å². The topological polar surface area (TPSA) is 46.2 Å². The molecule has 1 aromatic rings. The molecule has 0 saturated carbocycles. The van der Waals surface area contributed by atoms with Crippen molar-refractivity contribution in [3.05, 3.63) is 29.8 Å². The van der Waals surface area contributed by atoms with E-state index in [1.807, 2.05) is 29.9 Å². The number of hydrogen-bond donors (Lipinski definition) is 1. The largest absolute Gasteiger partial charge is 0.240 e. The molecule has 112 valence electrons. The fourth-order valence-corrected chi connectivity index (χ4v) is 6.88. The summed E-state index contributed by atoms with van der Waals surface area (Å²) in [7, 11) is 0.192. The third-order valence-electron chi connectivity index (χ3n) is 3.37. The first-order valence-corrected chi connectivity index (χ1v) is 10.8. The Bertz CT molecular complexity index is 528. The number of rotatable bonds is 6. The Labute approximate surface area is 129 Å². The van der Waals surface area contributed by atoms with Gasteiger partial charge in [-0.1, -0.05) is 59.0 Å². The predicted octanol–water partition coefficient (Wildman–Crippen LogP) is 3.60. The summed E-state index contributed by atoms with van der Waals surface area (Å²) in [5.41, 5.74) is 1.07. The van der Waals surface area contributed by atoms with Crippen molar-refractivity contribution in [2.24, 2.45) is 0 Å². The quantitative estimate of drug-likeness (QED) is 0.809. The summed E-state index contributed by atoms with van der Waals surface area (Å²) < 4.78 is 27.7. The highest BCUT2D eigenvalue weighted by molar-refractivity contribution is 8.77. The van der Waals surface area contributed by atoms with Crippen molar-refractivity contribution in [3.8, 4) is 0 Å². The first-order chi connectivity index (χ1) is 9.53. The van der Waals surface area contributed by atoms with Crippen LogP contribution in [0.15, 0.2) is 29.2 Å². The van der Waals surface area contributed by atoms with Crippen LogP contribution in [0, 0.1) is 6.92 Å². The highest BCUT2D eigenvalue weighted by atomic mass is 33.1. The van der Waals surface area contributed by atoms with E-state index in [4.69, 9.17) is 0 Å². The lowest BCUT2D eigenvalue weighted by Gasteiger charge is -2.19. The van der Waals surface area contributed by atoms with E-state index in [1.165, 1.54) is 0 Å². The Kier molecular flexibility index (Phi) is 5.84. The van der Waals surface area contributed by atoms with Crippen LogP contribution in [0.1, 0.15) is 31.7 Å². The van der Waals surface area contributed by atoms with Gasteiger partial charge in [-0.05, 0) is 25.5 Å². The zero-order chi connectivity index (χ0) is 14.6. The van der Waals surface area contributed by atoms with Crippen LogP contribution in [0.5, 0.6) is 0 Å². The van der Waals surface area contributed by atoms with Crippen LogP contribution in [0.25, 0.3) is 0 Å². The fraction of sp³-hybridized carbons (Fsp3) is 0.571. The number of hydrogen-bond acceptors (Lipinski definition) is 4. The van der Waals surface area contributed by atoms with E-state index in [0.717, 1.165) is 30.6 Å². The minimum Gasteiger partial charge on any atom is -0.207 e. The highest BCUT2D eigenvalue weighted by Gasteiger charge is 2.32. The summed E-state index contributed by atoms with van der Waals surface area (Å²) in [6, 6.07) is 7.06. The lowest BCUT2D eigenvalue weighted by atomic mass is 10.1. The second-order valence-corrected chi connectivity index (χ2v) is 9.47. The first kappa shape index (κ1) is 16.2. The lowest BCUT2D eigenvalue weighted by molar-refractivity contribution is 0.542. The standard InChI is InChI=1S/C14H21NO2S3/c1-3-4-5-14-13(10-18-19-14)15-20(16,17)12-8-6-11(2)7-9-12/h6-9,13-15H,3-5,10H2,1-2H3/t13-,14+/m0/s1. The van der Waals surface area contributed by atoms with Crippen molar-refractivity contribution in [2.45, 2.75) is 49.3 Å². The summed E-state index contributed by atoms with van der Waals surface area (Å²) in [5.74, 6) is 0.851. The number of aryl methyl sites for hydroxylation is 1. The third kappa shape index (κ3) is 4.16. The molecule has 1 aliphatic rings. The Morgan fingerprint density at radius 2 is 2.00 bits per heavy atom. The SMILES string of the molecule is CCCC[C@H]1SSC[C@@H]1NS(=O)(=O)c1ccc(C)cc1. The zero-order valence-electron chi connectivity index (χ0n) is 11.8. The van der Waals surface area contributed by atoms with Gasteiger partial charge in [0.25, 0.3) is 0 Å². The molecular weight excluding hydrogens is 310 g/mol. The molecule has 1 N–H and O–H groups in total. The van der Waals surface area contributed by atoms with E-state index in [0.29, 0.717) is 10.1 Å². The van der Waals surface area contributed by atoms with E-state index in [1.54, 1.807) is 22.9 Å². The molecule has 1 aromatic carbocycles.